The van der Waals surface area contributed by atoms with Crippen molar-refractivity contribution in [1.82, 2.24) is 0 Å². The van der Waals surface area contributed by atoms with Gasteiger partial charge in [0, 0.05) is 28.7 Å². The van der Waals surface area contributed by atoms with E-state index >= 15 is 0 Å². The molecule has 2 aromatic rings. The molecule has 2 aliphatic rings. The van der Waals surface area contributed by atoms with Crippen molar-refractivity contribution in [3.8, 4) is 0 Å². The molecule has 4 rings (SSSR count). The van der Waals surface area contributed by atoms with E-state index in [2.05, 4.69) is 5.32 Å². The van der Waals surface area contributed by atoms with Crippen LogP contribution < -0.4 is 10.2 Å². The standard InChI is InChI=1S/C18H18N2O2S/c21-17(11-15-2-1-9-23-15)19-14-6-5-12-7-8-20(16(12)10-14)18(22)13-3-4-13/h1-2,5-6,9-10,13H,3-4,7-8,11H2,(H,19,21). The second-order valence-corrected chi connectivity index (χ2v) is 7.19. The first-order valence-corrected chi connectivity index (χ1v) is 8.85. The van der Waals surface area contributed by atoms with Crippen LogP contribution in [-0.2, 0) is 22.4 Å². The second-order valence-electron chi connectivity index (χ2n) is 6.16. The molecule has 1 aliphatic carbocycles. The first-order chi connectivity index (χ1) is 11.2. The number of hydrogen-bond acceptors (Lipinski definition) is 3. The zero-order valence-electron chi connectivity index (χ0n) is 12.7. The van der Waals surface area contributed by atoms with Crippen LogP contribution in [0.15, 0.2) is 35.7 Å². The number of carbonyl (C=O) groups is 2. The largest absolute Gasteiger partial charge is 0.326 e. The van der Waals surface area contributed by atoms with Gasteiger partial charge in [0.2, 0.25) is 11.8 Å². The lowest BCUT2D eigenvalue weighted by Crippen LogP contribution is -2.30. The highest BCUT2D eigenvalue weighted by molar-refractivity contribution is 7.10. The summed E-state index contributed by atoms with van der Waals surface area (Å²) in [7, 11) is 0. The van der Waals surface area contributed by atoms with Crippen molar-refractivity contribution >= 4 is 34.5 Å². The lowest BCUT2D eigenvalue weighted by molar-refractivity contribution is -0.119. The molecule has 1 aromatic carbocycles. The fraction of sp³-hybridized carbons (Fsp3) is 0.333. The summed E-state index contributed by atoms with van der Waals surface area (Å²) in [6.07, 6.45) is 3.32. The number of hydrogen-bond donors (Lipinski definition) is 1. The van der Waals surface area contributed by atoms with Gasteiger partial charge < -0.3 is 10.2 Å². The van der Waals surface area contributed by atoms with Gasteiger partial charge in [-0.3, -0.25) is 9.59 Å². The second kappa shape index (κ2) is 5.81. The summed E-state index contributed by atoms with van der Waals surface area (Å²) in [4.78, 5) is 27.4. The number of nitrogens with one attached hydrogen (secondary N) is 1. The summed E-state index contributed by atoms with van der Waals surface area (Å²) >= 11 is 1.58. The van der Waals surface area contributed by atoms with Gasteiger partial charge in [-0.1, -0.05) is 12.1 Å². The van der Waals surface area contributed by atoms with E-state index in [1.54, 1.807) is 11.3 Å². The minimum absolute atomic E-state index is 0.0227. The molecule has 118 valence electrons. The Morgan fingerprint density at radius 2 is 2.13 bits per heavy atom. The van der Waals surface area contributed by atoms with Crippen LogP contribution in [0.25, 0.3) is 0 Å². The molecule has 0 saturated heterocycles. The van der Waals surface area contributed by atoms with Gasteiger partial charge in [0.1, 0.15) is 0 Å². The van der Waals surface area contributed by atoms with Crippen LogP contribution in [0.2, 0.25) is 0 Å². The summed E-state index contributed by atoms with van der Waals surface area (Å²) in [5, 5.41) is 4.92. The monoisotopic (exact) mass is 326 g/mol. The number of thiophene rings is 1. The first-order valence-electron chi connectivity index (χ1n) is 7.97. The number of carbonyl (C=O) groups excluding carboxylic acids is 2. The molecular weight excluding hydrogens is 308 g/mol. The maximum atomic E-state index is 12.4. The topological polar surface area (TPSA) is 49.4 Å². The molecule has 1 aromatic heterocycles. The van der Waals surface area contributed by atoms with Crippen molar-refractivity contribution in [1.29, 1.82) is 0 Å². The molecule has 1 N–H and O–H groups in total. The van der Waals surface area contributed by atoms with Gasteiger partial charge in [0.05, 0.1) is 6.42 Å². The quantitative estimate of drug-likeness (QED) is 0.938. The highest BCUT2D eigenvalue weighted by atomic mass is 32.1. The molecule has 1 saturated carbocycles. The molecule has 2 amide bonds. The molecule has 4 nitrogen and oxygen atoms in total. The minimum Gasteiger partial charge on any atom is -0.326 e. The molecule has 0 radical (unpaired) electrons. The Balaban J connectivity index is 1.49. The molecule has 0 unspecified atom stereocenters. The lowest BCUT2D eigenvalue weighted by Gasteiger charge is -2.18. The van der Waals surface area contributed by atoms with Gasteiger partial charge >= 0.3 is 0 Å². The van der Waals surface area contributed by atoms with Gasteiger partial charge in [-0.05, 0) is 48.4 Å². The normalized spacial score (nSPS) is 16.3. The number of anilines is 2. The number of amides is 2. The number of benzene rings is 1. The van der Waals surface area contributed by atoms with Crippen LogP contribution in [0, 0.1) is 5.92 Å². The van der Waals surface area contributed by atoms with Crippen LogP contribution in [-0.4, -0.2) is 18.4 Å². The average molecular weight is 326 g/mol. The summed E-state index contributed by atoms with van der Waals surface area (Å²) in [6, 6.07) is 9.80. The van der Waals surface area contributed by atoms with Gasteiger partial charge in [-0.15, -0.1) is 11.3 Å². The Morgan fingerprint density at radius 3 is 2.87 bits per heavy atom. The predicted octanol–water partition coefficient (Wildman–Crippen LogP) is 3.23. The van der Waals surface area contributed by atoms with Crippen LogP contribution in [0.1, 0.15) is 23.3 Å². The van der Waals surface area contributed by atoms with E-state index in [1.165, 1.54) is 5.56 Å². The Kier molecular flexibility index (Phi) is 3.65. The highest BCUT2D eigenvalue weighted by Crippen LogP contribution is 2.37. The van der Waals surface area contributed by atoms with Crippen LogP contribution in [0.4, 0.5) is 11.4 Å². The fourth-order valence-electron chi connectivity index (χ4n) is 3.01. The molecule has 1 fully saturated rings. The lowest BCUT2D eigenvalue weighted by atomic mass is 10.1. The average Bonchev–Trinajstić information content (AvgIpc) is 3.11. The van der Waals surface area contributed by atoms with E-state index in [0.29, 0.717) is 6.42 Å². The molecule has 5 heteroatoms. The van der Waals surface area contributed by atoms with E-state index in [1.807, 2.05) is 40.6 Å². The third-order valence-electron chi connectivity index (χ3n) is 4.37. The number of nitrogens with zero attached hydrogens (tertiary/aromatic N) is 1. The Bertz CT molecular complexity index is 750. The van der Waals surface area contributed by atoms with Crippen molar-refractivity contribution in [2.75, 3.05) is 16.8 Å². The van der Waals surface area contributed by atoms with Crippen LogP contribution in [0.3, 0.4) is 0 Å². The predicted molar refractivity (Wildman–Crippen MR) is 91.9 cm³/mol. The van der Waals surface area contributed by atoms with E-state index in [-0.39, 0.29) is 17.7 Å². The Labute approximate surface area is 139 Å². The van der Waals surface area contributed by atoms with E-state index < -0.39 is 0 Å². The van der Waals surface area contributed by atoms with Gasteiger partial charge in [0.25, 0.3) is 0 Å². The number of rotatable bonds is 4. The Morgan fingerprint density at radius 1 is 1.26 bits per heavy atom. The van der Waals surface area contributed by atoms with Crippen LogP contribution in [0.5, 0.6) is 0 Å². The van der Waals surface area contributed by atoms with E-state index in [4.69, 9.17) is 0 Å². The maximum absolute atomic E-state index is 12.4. The van der Waals surface area contributed by atoms with Crippen molar-refractivity contribution in [2.45, 2.75) is 25.7 Å². The number of fused-ring (bicyclic) bond motifs is 1. The maximum Gasteiger partial charge on any atom is 0.230 e. The van der Waals surface area contributed by atoms with Gasteiger partial charge in [0.15, 0.2) is 0 Å². The third kappa shape index (κ3) is 3.01. The van der Waals surface area contributed by atoms with Gasteiger partial charge in [-0.2, -0.15) is 0 Å². The summed E-state index contributed by atoms with van der Waals surface area (Å²) in [5.74, 6) is 0.439. The van der Waals surface area contributed by atoms with E-state index in [9.17, 15) is 9.59 Å². The summed E-state index contributed by atoms with van der Waals surface area (Å²) in [5.41, 5.74) is 2.92. The smallest absolute Gasteiger partial charge is 0.230 e. The molecule has 0 spiro atoms. The first kappa shape index (κ1) is 14.5. The minimum atomic E-state index is -0.0227. The van der Waals surface area contributed by atoms with Crippen molar-refractivity contribution in [3.63, 3.8) is 0 Å². The van der Waals surface area contributed by atoms with Crippen molar-refractivity contribution < 1.29 is 9.59 Å². The summed E-state index contributed by atoms with van der Waals surface area (Å²) in [6.45, 7) is 0.761. The van der Waals surface area contributed by atoms with Crippen molar-refractivity contribution in [3.05, 3.63) is 46.2 Å². The highest BCUT2D eigenvalue weighted by Gasteiger charge is 2.36. The van der Waals surface area contributed by atoms with E-state index in [0.717, 1.165) is 42.1 Å². The molecule has 0 bridgehead atoms. The molecule has 23 heavy (non-hydrogen) atoms. The zero-order chi connectivity index (χ0) is 15.8. The SMILES string of the molecule is O=C(Cc1cccs1)Nc1ccc2c(c1)N(C(=O)C1CC1)CC2. The summed E-state index contributed by atoms with van der Waals surface area (Å²) < 4.78 is 0. The third-order valence-corrected chi connectivity index (χ3v) is 5.25. The zero-order valence-corrected chi connectivity index (χ0v) is 13.6. The molecule has 0 atom stereocenters. The van der Waals surface area contributed by atoms with Crippen LogP contribution >= 0.6 is 11.3 Å². The Hall–Kier alpha value is -2.14. The van der Waals surface area contributed by atoms with Crippen molar-refractivity contribution in [2.24, 2.45) is 5.92 Å². The molecular formula is C18H18N2O2S. The molecule has 1 aliphatic heterocycles. The van der Waals surface area contributed by atoms with Gasteiger partial charge in [-0.25, -0.2) is 0 Å². The molecule has 2 heterocycles. The fourth-order valence-corrected chi connectivity index (χ4v) is 3.72.